The summed E-state index contributed by atoms with van der Waals surface area (Å²) in [5.74, 6) is -2.31. The molecule has 1 aliphatic rings. The van der Waals surface area contributed by atoms with Crippen molar-refractivity contribution in [2.24, 2.45) is 0 Å². The highest BCUT2D eigenvalue weighted by Gasteiger charge is 2.44. The minimum absolute atomic E-state index is 0. The van der Waals surface area contributed by atoms with Gasteiger partial charge in [0.05, 0.1) is 13.7 Å². The van der Waals surface area contributed by atoms with Gasteiger partial charge in [0.25, 0.3) is 5.92 Å². The largest absolute Gasteiger partial charge is 0.493 e. The van der Waals surface area contributed by atoms with Crippen molar-refractivity contribution in [3.63, 3.8) is 0 Å². The Kier molecular flexibility index (Phi) is 8.15. The van der Waals surface area contributed by atoms with Gasteiger partial charge < -0.3 is 19.9 Å². The van der Waals surface area contributed by atoms with E-state index in [4.69, 9.17) is 9.47 Å². The van der Waals surface area contributed by atoms with Crippen LogP contribution >= 0.6 is 12.4 Å². The van der Waals surface area contributed by atoms with E-state index in [9.17, 15) is 13.9 Å². The summed E-state index contributed by atoms with van der Waals surface area (Å²) in [6, 6.07) is 3.62. The first kappa shape index (κ1) is 20.9. The van der Waals surface area contributed by atoms with E-state index in [1.165, 1.54) is 7.11 Å². The minimum atomic E-state index is -3.24. The second-order valence-corrected chi connectivity index (χ2v) is 5.45. The molecule has 1 aliphatic heterocycles. The van der Waals surface area contributed by atoms with Crippen LogP contribution in [0.1, 0.15) is 18.5 Å². The highest BCUT2D eigenvalue weighted by atomic mass is 35.5. The lowest BCUT2D eigenvalue weighted by molar-refractivity contribution is -0.118. The van der Waals surface area contributed by atoms with Crippen molar-refractivity contribution in [1.29, 1.82) is 0 Å². The maximum absolute atomic E-state index is 14.4. The van der Waals surface area contributed by atoms with Gasteiger partial charge in [-0.05, 0) is 24.6 Å². The third-order valence-corrected chi connectivity index (χ3v) is 3.93. The molecule has 1 atom stereocenters. The summed E-state index contributed by atoms with van der Waals surface area (Å²) in [5, 5.41) is 12.3. The van der Waals surface area contributed by atoms with E-state index in [1.807, 2.05) is 6.92 Å². The molecule has 1 aromatic carbocycles. The van der Waals surface area contributed by atoms with Gasteiger partial charge in [-0.1, -0.05) is 6.07 Å². The molecular formula is C16H25ClF2N2O3. The molecule has 1 aromatic rings. The van der Waals surface area contributed by atoms with Crippen LogP contribution in [0.4, 0.5) is 8.78 Å². The number of methoxy groups -OCH3 is 1. The van der Waals surface area contributed by atoms with Crippen LogP contribution in [-0.2, 0) is 0 Å². The molecule has 8 heteroatoms. The lowest BCUT2D eigenvalue weighted by Gasteiger charge is -2.38. The third kappa shape index (κ3) is 4.69. The first-order valence-corrected chi connectivity index (χ1v) is 7.77. The van der Waals surface area contributed by atoms with Crippen LogP contribution in [0.5, 0.6) is 11.5 Å². The van der Waals surface area contributed by atoms with Crippen molar-refractivity contribution in [2.75, 3.05) is 46.5 Å². The van der Waals surface area contributed by atoms with Crippen molar-refractivity contribution >= 4 is 12.4 Å². The van der Waals surface area contributed by atoms with Crippen molar-refractivity contribution in [2.45, 2.75) is 18.9 Å². The smallest absolute Gasteiger partial charge is 0.289 e. The van der Waals surface area contributed by atoms with Gasteiger partial charge in [0.1, 0.15) is 12.6 Å². The predicted octanol–water partition coefficient (Wildman–Crippen LogP) is 2.09. The van der Waals surface area contributed by atoms with E-state index in [0.29, 0.717) is 49.8 Å². The SMILES string of the molecule is CCOc1cc([C@H](N2CCNCC2)C(F)(F)CO)ccc1OC.Cl. The number of nitrogens with zero attached hydrogens (tertiary/aromatic N) is 1. The quantitative estimate of drug-likeness (QED) is 0.774. The Morgan fingerprint density at radius 1 is 1.29 bits per heavy atom. The zero-order valence-corrected chi connectivity index (χ0v) is 14.7. The minimum Gasteiger partial charge on any atom is -0.493 e. The Bertz CT molecular complexity index is 514. The lowest BCUT2D eigenvalue weighted by Crippen LogP contribution is -2.51. The van der Waals surface area contributed by atoms with Crippen LogP contribution in [0, 0.1) is 0 Å². The monoisotopic (exact) mass is 366 g/mol. The summed E-state index contributed by atoms with van der Waals surface area (Å²) in [7, 11) is 1.51. The number of aliphatic hydroxyl groups excluding tert-OH is 1. The van der Waals surface area contributed by atoms with Crippen LogP contribution < -0.4 is 14.8 Å². The number of hydrogen-bond acceptors (Lipinski definition) is 5. The molecule has 1 heterocycles. The van der Waals surface area contributed by atoms with Crippen molar-refractivity contribution in [3.05, 3.63) is 23.8 Å². The number of rotatable bonds is 7. The summed E-state index contributed by atoms with van der Waals surface area (Å²) in [6.07, 6.45) is 0. The van der Waals surface area contributed by atoms with Crippen molar-refractivity contribution in [3.8, 4) is 11.5 Å². The molecule has 24 heavy (non-hydrogen) atoms. The van der Waals surface area contributed by atoms with Gasteiger partial charge in [-0.15, -0.1) is 12.4 Å². The number of nitrogens with one attached hydrogen (secondary N) is 1. The standard InChI is InChI=1S/C16H24F2N2O3.ClH/c1-3-23-14-10-12(4-5-13(14)22-2)15(16(17,18)11-21)20-8-6-19-7-9-20;/h4-5,10,15,19,21H,3,6-9,11H2,1-2H3;1H/t15-;/m0./s1. The first-order valence-electron chi connectivity index (χ1n) is 7.77. The molecule has 5 nitrogen and oxygen atoms in total. The topological polar surface area (TPSA) is 54.0 Å². The van der Waals surface area contributed by atoms with Gasteiger partial charge in [0.2, 0.25) is 0 Å². The molecule has 0 amide bonds. The van der Waals surface area contributed by atoms with E-state index in [2.05, 4.69) is 5.32 Å². The Morgan fingerprint density at radius 2 is 1.96 bits per heavy atom. The van der Waals surface area contributed by atoms with Crippen LogP contribution in [0.3, 0.4) is 0 Å². The molecule has 2 rings (SSSR count). The molecule has 0 aromatic heterocycles. The van der Waals surface area contributed by atoms with E-state index < -0.39 is 18.6 Å². The Morgan fingerprint density at radius 3 is 2.50 bits per heavy atom. The Hall–Kier alpha value is -1.15. The summed E-state index contributed by atoms with van der Waals surface area (Å²) in [5.41, 5.74) is 0.412. The van der Waals surface area contributed by atoms with Gasteiger partial charge in [0, 0.05) is 26.2 Å². The molecule has 0 aliphatic carbocycles. The van der Waals surface area contributed by atoms with Crippen LogP contribution in [0.25, 0.3) is 0 Å². The average molecular weight is 367 g/mol. The molecule has 0 spiro atoms. The first-order chi connectivity index (χ1) is 11.0. The van der Waals surface area contributed by atoms with Gasteiger partial charge in [0.15, 0.2) is 11.5 Å². The fourth-order valence-electron chi connectivity index (χ4n) is 2.88. The zero-order valence-electron chi connectivity index (χ0n) is 13.9. The molecular weight excluding hydrogens is 342 g/mol. The van der Waals surface area contributed by atoms with Crippen molar-refractivity contribution in [1.82, 2.24) is 10.2 Å². The maximum atomic E-state index is 14.4. The second-order valence-electron chi connectivity index (χ2n) is 5.45. The second kappa shape index (κ2) is 9.36. The van der Waals surface area contributed by atoms with Gasteiger partial charge >= 0.3 is 0 Å². The summed E-state index contributed by atoms with van der Waals surface area (Å²) in [4.78, 5) is 1.70. The number of benzene rings is 1. The summed E-state index contributed by atoms with van der Waals surface area (Å²) in [6.45, 7) is 3.32. The molecule has 0 radical (unpaired) electrons. The molecule has 0 unspecified atom stereocenters. The average Bonchev–Trinajstić information content (AvgIpc) is 2.56. The number of ether oxygens (including phenoxy) is 2. The fraction of sp³-hybridized carbons (Fsp3) is 0.625. The Labute approximate surface area is 147 Å². The maximum Gasteiger partial charge on any atom is 0.289 e. The van der Waals surface area contributed by atoms with E-state index in [1.54, 1.807) is 23.1 Å². The molecule has 2 N–H and O–H groups in total. The number of halogens is 3. The third-order valence-electron chi connectivity index (χ3n) is 3.93. The molecule has 0 saturated carbocycles. The van der Waals surface area contributed by atoms with Crippen LogP contribution in [0.2, 0.25) is 0 Å². The zero-order chi connectivity index (χ0) is 16.9. The van der Waals surface area contributed by atoms with Crippen LogP contribution in [0.15, 0.2) is 18.2 Å². The summed E-state index contributed by atoms with van der Waals surface area (Å²) < 4.78 is 39.5. The van der Waals surface area contributed by atoms with E-state index in [0.717, 1.165) is 0 Å². The van der Waals surface area contributed by atoms with Gasteiger partial charge in [-0.2, -0.15) is 0 Å². The van der Waals surface area contributed by atoms with Crippen LogP contribution in [-0.4, -0.2) is 62.4 Å². The fourth-order valence-corrected chi connectivity index (χ4v) is 2.88. The molecule has 1 saturated heterocycles. The highest BCUT2D eigenvalue weighted by Crippen LogP contribution is 2.39. The normalized spacial score (nSPS) is 17.0. The number of alkyl halides is 2. The van der Waals surface area contributed by atoms with Gasteiger partial charge in [-0.3, -0.25) is 4.90 Å². The molecule has 0 bridgehead atoms. The van der Waals surface area contributed by atoms with E-state index >= 15 is 0 Å². The predicted molar refractivity (Wildman–Crippen MR) is 90.6 cm³/mol. The number of aliphatic hydroxyl groups is 1. The lowest BCUT2D eigenvalue weighted by atomic mass is 9.97. The van der Waals surface area contributed by atoms with E-state index in [-0.39, 0.29) is 12.4 Å². The Balaban J connectivity index is 0.00000288. The van der Waals surface area contributed by atoms with Crippen molar-refractivity contribution < 1.29 is 23.4 Å². The number of piperazine rings is 1. The molecule has 1 fully saturated rings. The molecule has 138 valence electrons. The number of hydrogen-bond donors (Lipinski definition) is 2. The highest BCUT2D eigenvalue weighted by molar-refractivity contribution is 5.85. The van der Waals surface area contributed by atoms with Gasteiger partial charge in [-0.25, -0.2) is 8.78 Å². The summed E-state index contributed by atoms with van der Waals surface area (Å²) >= 11 is 0.